The standard InChI is InChI=1S/C27H21N5O3S/c1-16-24(19-7-3-5-9-21(19)28-16)23(33)15-36-27-30-29-26-31(17-11-13-18(35-2)14-12-17)25(34)20-8-4-6-10-22(20)32(26)27/h3-14,28H,15H2,1-2H3. The number of aromatic amines is 1. The molecule has 0 aliphatic carbocycles. The molecule has 6 aromatic rings. The first-order chi connectivity index (χ1) is 17.6. The fraction of sp³-hybridized carbons (Fsp3) is 0.111. The first-order valence-corrected chi connectivity index (χ1v) is 12.3. The quantitative estimate of drug-likeness (QED) is 0.263. The number of carbonyl (C=O) groups excluding carboxylic acids is 1. The van der Waals surface area contributed by atoms with Gasteiger partial charge in [0.2, 0.25) is 5.78 Å². The van der Waals surface area contributed by atoms with Gasteiger partial charge in [-0.2, -0.15) is 0 Å². The van der Waals surface area contributed by atoms with E-state index in [0.717, 1.165) is 16.6 Å². The molecule has 3 aromatic carbocycles. The van der Waals surface area contributed by atoms with Crippen molar-refractivity contribution in [3.8, 4) is 11.4 Å². The summed E-state index contributed by atoms with van der Waals surface area (Å²) in [5.74, 6) is 1.24. The van der Waals surface area contributed by atoms with Crippen LogP contribution in [0.3, 0.4) is 0 Å². The highest BCUT2D eigenvalue weighted by atomic mass is 32.2. The fourth-order valence-electron chi connectivity index (χ4n) is 4.57. The molecule has 0 aliphatic rings. The van der Waals surface area contributed by atoms with Crippen molar-refractivity contribution in [2.75, 3.05) is 12.9 Å². The number of aromatic nitrogens is 5. The van der Waals surface area contributed by atoms with E-state index in [0.29, 0.717) is 38.8 Å². The van der Waals surface area contributed by atoms with Crippen molar-refractivity contribution >= 4 is 45.1 Å². The Hall–Kier alpha value is -4.37. The van der Waals surface area contributed by atoms with E-state index in [9.17, 15) is 9.59 Å². The lowest BCUT2D eigenvalue weighted by molar-refractivity contribution is 0.102. The molecule has 0 bridgehead atoms. The lowest BCUT2D eigenvalue weighted by atomic mass is 10.1. The molecule has 0 fully saturated rings. The smallest absolute Gasteiger partial charge is 0.267 e. The number of ketones is 1. The molecule has 36 heavy (non-hydrogen) atoms. The molecule has 0 saturated heterocycles. The van der Waals surface area contributed by atoms with Gasteiger partial charge in [-0.25, -0.2) is 4.57 Å². The number of nitrogens with one attached hydrogen (secondary N) is 1. The van der Waals surface area contributed by atoms with E-state index in [1.54, 1.807) is 37.4 Å². The van der Waals surface area contributed by atoms with E-state index < -0.39 is 0 Å². The summed E-state index contributed by atoms with van der Waals surface area (Å²) in [6.07, 6.45) is 0. The number of hydrogen-bond donors (Lipinski definition) is 1. The Balaban J connectivity index is 1.45. The molecule has 3 heterocycles. The second-order valence-corrected chi connectivity index (χ2v) is 9.30. The second kappa shape index (κ2) is 8.69. The number of hydrogen-bond acceptors (Lipinski definition) is 6. The van der Waals surface area contributed by atoms with Crippen LogP contribution in [-0.2, 0) is 0 Å². The molecule has 9 heteroatoms. The van der Waals surface area contributed by atoms with Crippen molar-refractivity contribution in [3.05, 3.63) is 94.4 Å². The highest BCUT2D eigenvalue weighted by molar-refractivity contribution is 7.99. The number of para-hydroxylation sites is 2. The zero-order chi connectivity index (χ0) is 24.8. The van der Waals surface area contributed by atoms with E-state index in [1.807, 2.05) is 53.8 Å². The summed E-state index contributed by atoms with van der Waals surface area (Å²) in [5, 5.41) is 10.7. The van der Waals surface area contributed by atoms with E-state index in [-0.39, 0.29) is 17.1 Å². The predicted molar refractivity (Wildman–Crippen MR) is 141 cm³/mol. The van der Waals surface area contributed by atoms with Crippen LogP contribution in [0, 0.1) is 6.92 Å². The monoisotopic (exact) mass is 495 g/mol. The number of thioether (sulfide) groups is 1. The third kappa shape index (κ3) is 3.47. The average Bonchev–Trinajstić information content (AvgIpc) is 3.48. The average molecular weight is 496 g/mol. The maximum Gasteiger partial charge on any atom is 0.267 e. The summed E-state index contributed by atoms with van der Waals surface area (Å²) in [7, 11) is 1.59. The number of fused-ring (bicyclic) bond motifs is 4. The van der Waals surface area contributed by atoms with Gasteiger partial charge in [0.1, 0.15) is 5.75 Å². The molecule has 0 unspecified atom stereocenters. The normalized spacial score (nSPS) is 11.5. The lowest BCUT2D eigenvalue weighted by Gasteiger charge is -2.11. The number of carbonyl (C=O) groups is 1. The zero-order valence-corrected chi connectivity index (χ0v) is 20.4. The van der Waals surface area contributed by atoms with Gasteiger partial charge in [-0.1, -0.05) is 42.1 Å². The van der Waals surface area contributed by atoms with Crippen LogP contribution >= 0.6 is 11.8 Å². The molecular weight excluding hydrogens is 474 g/mol. The van der Waals surface area contributed by atoms with Crippen molar-refractivity contribution in [3.63, 3.8) is 0 Å². The number of methoxy groups -OCH3 is 1. The number of ether oxygens (including phenoxy) is 1. The van der Waals surface area contributed by atoms with Crippen LogP contribution in [0.2, 0.25) is 0 Å². The Labute approximate surface area is 209 Å². The summed E-state index contributed by atoms with van der Waals surface area (Å²) >= 11 is 1.30. The van der Waals surface area contributed by atoms with Gasteiger partial charge in [0, 0.05) is 22.2 Å². The van der Waals surface area contributed by atoms with Crippen molar-refractivity contribution in [2.24, 2.45) is 0 Å². The number of aryl methyl sites for hydroxylation is 1. The first kappa shape index (κ1) is 22.1. The van der Waals surface area contributed by atoms with Gasteiger partial charge in [0.15, 0.2) is 10.9 Å². The Morgan fingerprint density at radius 2 is 1.69 bits per heavy atom. The maximum absolute atomic E-state index is 13.5. The summed E-state index contributed by atoms with van der Waals surface area (Å²) in [6.45, 7) is 1.91. The maximum atomic E-state index is 13.5. The molecular formula is C27H21N5O3S. The molecule has 0 saturated carbocycles. The second-order valence-electron chi connectivity index (χ2n) is 8.36. The number of H-pyrrole nitrogens is 1. The summed E-state index contributed by atoms with van der Waals surface area (Å²) in [4.78, 5) is 30.0. The minimum absolute atomic E-state index is 0.000480. The minimum Gasteiger partial charge on any atom is -0.497 e. The molecule has 0 amide bonds. The minimum atomic E-state index is -0.197. The highest BCUT2D eigenvalue weighted by Gasteiger charge is 2.21. The molecule has 0 aliphatic heterocycles. The number of rotatable bonds is 6. The van der Waals surface area contributed by atoms with Crippen LogP contribution in [0.15, 0.2) is 82.7 Å². The van der Waals surface area contributed by atoms with Gasteiger partial charge in [-0.3, -0.25) is 14.0 Å². The van der Waals surface area contributed by atoms with Crippen LogP contribution < -0.4 is 10.3 Å². The number of Topliss-reactive ketones (excluding diaryl/α,β-unsaturated/α-hetero) is 1. The van der Waals surface area contributed by atoms with Crippen LogP contribution in [0.5, 0.6) is 5.75 Å². The zero-order valence-electron chi connectivity index (χ0n) is 19.6. The number of benzene rings is 3. The lowest BCUT2D eigenvalue weighted by Crippen LogP contribution is -2.21. The SMILES string of the molecule is COc1ccc(-n2c(=O)c3ccccc3n3c(SCC(=O)c4c(C)[nH]c5ccccc45)nnc23)cc1. The van der Waals surface area contributed by atoms with Crippen LogP contribution in [0.4, 0.5) is 0 Å². The summed E-state index contributed by atoms with van der Waals surface area (Å²) in [5.41, 5.74) is 3.60. The summed E-state index contributed by atoms with van der Waals surface area (Å²) < 4.78 is 8.63. The van der Waals surface area contributed by atoms with Crippen LogP contribution in [0.25, 0.3) is 33.3 Å². The molecule has 8 nitrogen and oxygen atoms in total. The van der Waals surface area contributed by atoms with Crippen molar-refractivity contribution in [2.45, 2.75) is 12.1 Å². The van der Waals surface area contributed by atoms with Crippen LogP contribution in [-0.4, -0.2) is 42.8 Å². The molecule has 0 radical (unpaired) electrons. The van der Waals surface area contributed by atoms with E-state index in [2.05, 4.69) is 15.2 Å². The van der Waals surface area contributed by atoms with Crippen LogP contribution in [0.1, 0.15) is 16.1 Å². The molecule has 1 N–H and O–H groups in total. The van der Waals surface area contributed by atoms with Gasteiger partial charge < -0.3 is 9.72 Å². The van der Waals surface area contributed by atoms with E-state index in [1.165, 1.54) is 16.3 Å². The summed E-state index contributed by atoms with van der Waals surface area (Å²) in [6, 6.07) is 22.3. The Morgan fingerprint density at radius 3 is 2.47 bits per heavy atom. The molecule has 178 valence electrons. The Kier molecular flexibility index (Phi) is 5.34. The molecule has 0 atom stereocenters. The topological polar surface area (TPSA) is 94.3 Å². The predicted octanol–water partition coefficient (Wildman–Crippen LogP) is 4.81. The Morgan fingerprint density at radius 1 is 0.972 bits per heavy atom. The highest BCUT2D eigenvalue weighted by Crippen LogP contribution is 2.27. The van der Waals surface area contributed by atoms with Gasteiger partial charge in [0.05, 0.1) is 29.5 Å². The third-order valence-electron chi connectivity index (χ3n) is 6.23. The van der Waals surface area contributed by atoms with E-state index in [4.69, 9.17) is 4.74 Å². The van der Waals surface area contributed by atoms with E-state index >= 15 is 0 Å². The molecule has 3 aromatic heterocycles. The molecule has 6 rings (SSSR count). The van der Waals surface area contributed by atoms with Gasteiger partial charge in [0.25, 0.3) is 5.56 Å². The molecule has 0 spiro atoms. The third-order valence-corrected chi connectivity index (χ3v) is 7.16. The van der Waals surface area contributed by atoms with Crippen molar-refractivity contribution in [1.82, 2.24) is 24.1 Å². The van der Waals surface area contributed by atoms with Crippen molar-refractivity contribution in [1.29, 1.82) is 0 Å². The largest absolute Gasteiger partial charge is 0.497 e. The van der Waals surface area contributed by atoms with Crippen molar-refractivity contribution < 1.29 is 9.53 Å². The Bertz CT molecular complexity index is 1830. The number of nitrogens with zero attached hydrogens (tertiary/aromatic N) is 4. The van der Waals surface area contributed by atoms with Gasteiger partial charge in [-0.05, 0) is 49.4 Å². The van der Waals surface area contributed by atoms with Gasteiger partial charge >= 0.3 is 0 Å². The van der Waals surface area contributed by atoms with Gasteiger partial charge in [-0.15, -0.1) is 10.2 Å². The first-order valence-electron chi connectivity index (χ1n) is 11.3. The fourth-order valence-corrected chi connectivity index (χ4v) is 5.39.